The summed E-state index contributed by atoms with van der Waals surface area (Å²) in [6, 6.07) is 15.8. The Bertz CT molecular complexity index is 650. The summed E-state index contributed by atoms with van der Waals surface area (Å²) in [5, 5.41) is 3.22. The predicted octanol–water partition coefficient (Wildman–Crippen LogP) is 2.61. The van der Waals surface area contributed by atoms with Gasteiger partial charge < -0.3 is 5.32 Å². The van der Waals surface area contributed by atoms with Crippen LogP contribution in [-0.2, 0) is 11.3 Å². The average Bonchev–Trinajstić information content (AvgIpc) is 2.58. The van der Waals surface area contributed by atoms with Crippen molar-refractivity contribution in [2.45, 2.75) is 11.4 Å². The van der Waals surface area contributed by atoms with E-state index in [2.05, 4.69) is 16.2 Å². The highest BCUT2D eigenvalue weighted by Gasteiger charge is 2.03. The largest absolute Gasteiger partial charge is 0.357 e. The van der Waals surface area contributed by atoms with Crippen LogP contribution in [0.5, 0.6) is 0 Å². The van der Waals surface area contributed by atoms with Crippen molar-refractivity contribution in [2.75, 3.05) is 5.75 Å². The Balaban J connectivity index is 1.63. The summed E-state index contributed by atoms with van der Waals surface area (Å²) in [6.45, 7) is 0.445. The van der Waals surface area contributed by atoms with Crippen LogP contribution in [0.4, 0.5) is 4.39 Å². The Kier molecular flexibility index (Phi) is 6.83. The third-order valence-corrected chi connectivity index (χ3v) is 4.05. The lowest BCUT2D eigenvalue weighted by molar-refractivity contribution is -0.119. The monoisotopic (exact) mass is 349 g/mol. The van der Waals surface area contributed by atoms with Gasteiger partial charge in [-0.2, -0.15) is 0 Å². The molecule has 0 aromatic heterocycles. The van der Waals surface area contributed by atoms with Crippen molar-refractivity contribution < 1.29 is 9.18 Å². The van der Waals surface area contributed by atoms with E-state index in [9.17, 15) is 9.18 Å². The number of thioether (sulfide) groups is 1. The van der Waals surface area contributed by atoms with Crippen molar-refractivity contribution in [2.24, 2.45) is 0 Å². The number of carbonyl (C=O) groups is 1. The number of halogens is 1. The smallest absolute Gasteiger partial charge is 0.248 e. The number of benzene rings is 2. The lowest BCUT2D eigenvalue weighted by Crippen LogP contribution is -2.47. The van der Waals surface area contributed by atoms with Crippen LogP contribution in [0, 0.1) is 5.82 Å². The van der Waals surface area contributed by atoms with Gasteiger partial charge in [0.05, 0.1) is 5.75 Å². The van der Waals surface area contributed by atoms with Gasteiger partial charge in [0.15, 0.2) is 5.11 Å². The molecule has 2 rings (SSSR count). The molecule has 0 spiro atoms. The molecule has 2 aromatic carbocycles. The van der Waals surface area contributed by atoms with E-state index in [1.807, 2.05) is 30.3 Å². The molecular weight excluding hydrogens is 333 g/mol. The minimum Gasteiger partial charge on any atom is -0.357 e. The predicted molar refractivity (Wildman–Crippen MR) is 94.3 cm³/mol. The van der Waals surface area contributed by atoms with Gasteiger partial charge in [0, 0.05) is 11.4 Å². The molecule has 0 fully saturated rings. The van der Waals surface area contributed by atoms with Crippen LogP contribution in [0.25, 0.3) is 0 Å². The highest BCUT2D eigenvalue weighted by atomic mass is 32.2. The first kappa shape index (κ1) is 17.2. The number of hydrazine groups is 1. The molecule has 0 unspecified atom stereocenters. The van der Waals surface area contributed by atoms with Crippen LogP contribution in [0.1, 0.15) is 5.56 Å². The van der Waals surface area contributed by atoms with E-state index in [0.717, 1.165) is 10.5 Å². The molecule has 2 aromatic rings. The van der Waals surface area contributed by atoms with Gasteiger partial charge in [-0.3, -0.25) is 15.6 Å². The lowest BCUT2D eigenvalue weighted by atomic mass is 10.2. The van der Waals surface area contributed by atoms with E-state index in [4.69, 9.17) is 12.2 Å². The number of carbonyl (C=O) groups excluding carboxylic acids is 1. The van der Waals surface area contributed by atoms with Crippen molar-refractivity contribution in [1.29, 1.82) is 0 Å². The minimum atomic E-state index is -0.280. The first-order valence-corrected chi connectivity index (χ1v) is 8.28. The van der Waals surface area contributed by atoms with Crippen LogP contribution >= 0.6 is 24.0 Å². The Hall–Kier alpha value is -2.12. The van der Waals surface area contributed by atoms with Crippen molar-refractivity contribution in [3.63, 3.8) is 0 Å². The molecule has 0 aliphatic rings. The van der Waals surface area contributed by atoms with Crippen molar-refractivity contribution in [1.82, 2.24) is 16.2 Å². The quantitative estimate of drug-likeness (QED) is 0.440. The van der Waals surface area contributed by atoms with Gasteiger partial charge in [0.2, 0.25) is 5.91 Å². The number of amides is 1. The third kappa shape index (κ3) is 6.66. The summed E-state index contributed by atoms with van der Waals surface area (Å²) in [6.07, 6.45) is 0. The Morgan fingerprint density at radius 2 is 1.74 bits per heavy atom. The first-order valence-electron chi connectivity index (χ1n) is 6.88. The van der Waals surface area contributed by atoms with Crippen LogP contribution in [0.2, 0.25) is 0 Å². The second-order valence-electron chi connectivity index (χ2n) is 4.58. The maximum atomic E-state index is 12.8. The summed E-state index contributed by atoms with van der Waals surface area (Å²) in [7, 11) is 0. The maximum absolute atomic E-state index is 12.8. The summed E-state index contributed by atoms with van der Waals surface area (Å²) < 4.78 is 12.8. The maximum Gasteiger partial charge on any atom is 0.248 e. The molecule has 3 N–H and O–H groups in total. The highest BCUT2D eigenvalue weighted by molar-refractivity contribution is 8.00. The van der Waals surface area contributed by atoms with E-state index >= 15 is 0 Å². The number of nitrogens with one attached hydrogen (secondary N) is 3. The second-order valence-corrected chi connectivity index (χ2v) is 6.04. The Labute approximate surface area is 143 Å². The molecule has 4 nitrogen and oxygen atoms in total. The Morgan fingerprint density at radius 1 is 1.04 bits per heavy atom. The molecule has 0 saturated carbocycles. The fraction of sp³-hybridized carbons (Fsp3) is 0.125. The molecule has 7 heteroatoms. The van der Waals surface area contributed by atoms with Gasteiger partial charge in [-0.05, 0) is 42.0 Å². The molecule has 1 amide bonds. The van der Waals surface area contributed by atoms with E-state index in [1.54, 1.807) is 12.1 Å². The van der Waals surface area contributed by atoms with Gasteiger partial charge in [0.1, 0.15) is 5.82 Å². The van der Waals surface area contributed by atoms with Crippen LogP contribution in [0.3, 0.4) is 0 Å². The van der Waals surface area contributed by atoms with E-state index in [-0.39, 0.29) is 17.5 Å². The fourth-order valence-electron chi connectivity index (χ4n) is 1.66. The van der Waals surface area contributed by atoms with Crippen molar-refractivity contribution in [3.8, 4) is 0 Å². The SMILES string of the molecule is O=C(CSc1ccccc1)NNC(=S)NCc1ccc(F)cc1. The van der Waals surface area contributed by atoms with E-state index < -0.39 is 0 Å². The summed E-state index contributed by atoms with van der Waals surface area (Å²) in [5.74, 6) is -0.167. The number of thiocarbonyl (C=S) groups is 1. The zero-order valence-corrected chi connectivity index (χ0v) is 13.8. The molecule has 0 heterocycles. The standard InChI is InChI=1S/C16H16FN3OS2/c17-13-8-6-12(7-9-13)10-18-16(22)20-19-15(21)11-23-14-4-2-1-3-5-14/h1-9H,10-11H2,(H,19,21)(H2,18,20,22). The Morgan fingerprint density at radius 3 is 2.43 bits per heavy atom. The molecule has 0 aliphatic carbocycles. The molecule has 0 aliphatic heterocycles. The summed E-state index contributed by atoms with van der Waals surface area (Å²) in [4.78, 5) is 12.7. The van der Waals surface area contributed by atoms with Gasteiger partial charge in [0.25, 0.3) is 0 Å². The second kappa shape index (κ2) is 9.12. The first-order chi connectivity index (χ1) is 11.1. The number of hydrogen-bond donors (Lipinski definition) is 3. The zero-order valence-electron chi connectivity index (χ0n) is 12.2. The fourth-order valence-corrected chi connectivity index (χ4v) is 2.50. The normalized spacial score (nSPS) is 9.96. The third-order valence-electron chi connectivity index (χ3n) is 2.79. The molecule has 0 radical (unpaired) electrons. The molecule has 120 valence electrons. The van der Waals surface area contributed by atoms with Crippen LogP contribution in [0.15, 0.2) is 59.5 Å². The average molecular weight is 349 g/mol. The van der Waals surface area contributed by atoms with E-state index in [0.29, 0.717) is 11.7 Å². The summed E-state index contributed by atoms with van der Waals surface area (Å²) in [5.41, 5.74) is 6.05. The molecule has 0 saturated heterocycles. The van der Waals surface area contributed by atoms with Gasteiger partial charge in [-0.25, -0.2) is 4.39 Å². The van der Waals surface area contributed by atoms with Crippen LogP contribution < -0.4 is 16.2 Å². The van der Waals surface area contributed by atoms with Gasteiger partial charge in [-0.15, -0.1) is 11.8 Å². The molecule has 0 bridgehead atoms. The number of hydrogen-bond acceptors (Lipinski definition) is 3. The molecule has 23 heavy (non-hydrogen) atoms. The zero-order chi connectivity index (χ0) is 16.5. The van der Waals surface area contributed by atoms with Gasteiger partial charge >= 0.3 is 0 Å². The molecule has 0 atom stereocenters. The lowest BCUT2D eigenvalue weighted by Gasteiger charge is -2.11. The minimum absolute atomic E-state index is 0.176. The number of rotatable bonds is 5. The van der Waals surface area contributed by atoms with Crippen molar-refractivity contribution >= 4 is 35.0 Å². The summed E-state index contributed by atoms with van der Waals surface area (Å²) >= 11 is 6.50. The highest BCUT2D eigenvalue weighted by Crippen LogP contribution is 2.15. The van der Waals surface area contributed by atoms with E-state index in [1.165, 1.54) is 23.9 Å². The molecular formula is C16H16FN3OS2. The van der Waals surface area contributed by atoms with Crippen LogP contribution in [-0.4, -0.2) is 16.8 Å². The topological polar surface area (TPSA) is 53.2 Å². The van der Waals surface area contributed by atoms with Gasteiger partial charge in [-0.1, -0.05) is 30.3 Å². The van der Waals surface area contributed by atoms with Crippen molar-refractivity contribution in [3.05, 3.63) is 66.0 Å².